The second-order valence-corrected chi connectivity index (χ2v) is 5.78. The molecule has 0 radical (unpaired) electrons. The average molecular weight is 347 g/mol. The van der Waals surface area contributed by atoms with Crippen molar-refractivity contribution < 1.29 is 14.6 Å². The lowest BCUT2D eigenvalue weighted by atomic mass is 10.2. The van der Waals surface area contributed by atoms with E-state index in [1.807, 2.05) is 0 Å². The van der Waals surface area contributed by atoms with E-state index >= 15 is 0 Å². The van der Waals surface area contributed by atoms with Crippen molar-refractivity contribution in [1.82, 2.24) is 9.55 Å². The monoisotopic (exact) mass is 347 g/mol. The fraction of sp³-hybridized carbons (Fsp3) is 0.312. The molecule has 3 rings (SSSR count). The summed E-state index contributed by atoms with van der Waals surface area (Å²) in [6, 6.07) is 5.26. The van der Waals surface area contributed by atoms with Gasteiger partial charge in [0.05, 0.1) is 14.2 Å². The smallest absolute Gasteiger partial charge is 0.264 e. The molecule has 0 bridgehead atoms. The summed E-state index contributed by atoms with van der Waals surface area (Å²) >= 11 is 5.12. The molecule has 8 heteroatoms. The van der Waals surface area contributed by atoms with E-state index in [1.165, 1.54) is 13.3 Å². The van der Waals surface area contributed by atoms with Gasteiger partial charge in [-0.15, -0.1) is 0 Å². The van der Waals surface area contributed by atoms with Crippen molar-refractivity contribution in [2.75, 3.05) is 14.2 Å². The van der Waals surface area contributed by atoms with Gasteiger partial charge < -0.3 is 14.6 Å². The van der Waals surface area contributed by atoms with Gasteiger partial charge in [0.1, 0.15) is 22.7 Å². The third-order valence-corrected chi connectivity index (χ3v) is 4.08. The van der Waals surface area contributed by atoms with Crippen molar-refractivity contribution in [1.29, 1.82) is 0 Å². The SMILES string of the molecule is COc1ccc(N=Cc2c(O)n(C3CC3)c(=S)[nH]c2=O)c(OC)c1. The number of benzene rings is 1. The number of hydrogen-bond donors (Lipinski definition) is 2. The molecule has 0 aliphatic heterocycles. The van der Waals surface area contributed by atoms with E-state index in [0.717, 1.165) is 12.8 Å². The minimum atomic E-state index is -0.481. The summed E-state index contributed by atoms with van der Waals surface area (Å²) in [5.41, 5.74) is 0.0940. The Hall–Kier alpha value is -2.61. The maximum absolute atomic E-state index is 12.1. The predicted octanol–water partition coefficient (Wildman–Crippen LogP) is 2.71. The third kappa shape index (κ3) is 3.05. The van der Waals surface area contributed by atoms with Gasteiger partial charge in [-0.25, -0.2) is 0 Å². The van der Waals surface area contributed by atoms with E-state index < -0.39 is 5.56 Å². The van der Waals surface area contributed by atoms with E-state index in [-0.39, 0.29) is 22.3 Å². The Kier molecular flexibility index (Phi) is 4.39. The zero-order chi connectivity index (χ0) is 17.3. The largest absolute Gasteiger partial charge is 0.497 e. The zero-order valence-corrected chi connectivity index (χ0v) is 14.1. The van der Waals surface area contributed by atoms with Crippen molar-refractivity contribution in [3.63, 3.8) is 0 Å². The van der Waals surface area contributed by atoms with Gasteiger partial charge in [0, 0.05) is 18.3 Å². The van der Waals surface area contributed by atoms with Crippen molar-refractivity contribution >= 4 is 24.1 Å². The highest BCUT2D eigenvalue weighted by Gasteiger charge is 2.27. The molecule has 0 spiro atoms. The van der Waals surface area contributed by atoms with Gasteiger partial charge in [0.2, 0.25) is 5.88 Å². The van der Waals surface area contributed by atoms with E-state index in [9.17, 15) is 9.90 Å². The first kappa shape index (κ1) is 16.3. The molecule has 7 nitrogen and oxygen atoms in total. The summed E-state index contributed by atoms with van der Waals surface area (Å²) < 4.78 is 12.2. The van der Waals surface area contributed by atoms with Crippen molar-refractivity contribution in [3.8, 4) is 17.4 Å². The molecule has 126 valence electrons. The van der Waals surface area contributed by atoms with Crippen LogP contribution >= 0.6 is 12.2 Å². The lowest BCUT2D eigenvalue weighted by Crippen LogP contribution is -2.18. The summed E-state index contributed by atoms with van der Waals surface area (Å²) in [7, 11) is 3.08. The Labute approximate surface area is 143 Å². The second kappa shape index (κ2) is 6.48. The molecule has 1 aromatic heterocycles. The minimum absolute atomic E-state index is 0.0633. The van der Waals surface area contributed by atoms with Crippen molar-refractivity contribution in [2.45, 2.75) is 18.9 Å². The lowest BCUT2D eigenvalue weighted by Gasteiger charge is -2.10. The molecule has 1 fully saturated rings. The van der Waals surface area contributed by atoms with Crippen LogP contribution in [0.4, 0.5) is 5.69 Å². The van der Waals surface area contributed by atoms with E-state index in [4.69, 9.17) is 21.7 Å². The molecule has 1 saturated carbocycles. The number of nitrogens with one attached hydrogen (secondary N) is 1. The number of aliphatic imine (C=N–C) groups is 1. The molecule has 1 heterocycles. The molecule has 1 aliphatic carbocycles. The lowest BCUT2D eigenvalue weighted by molar-refractivity contribution is 0.395. The highest BCUT2D eigenvalue weighted by atomic mass is 32.1. The predicted molar refractivity (Wildman–Crippen MR) is 92.6 cm³/mol. The van der Waals surface area contributed by atoms with Crippen molar-refractivity contribution in [3.05, 3.63) is 38.9 Å². The van der Waals surface area contributed by atoms with Crippen LogP contribution in [-0.4, -0.2) is 35.1 Å². The van der Waals surface area contributed by atoms with E-state index in [0.29, 0.717) is 17.2 Å². The number of aromatic nitrogens is 2. The number of H-pyrrole nitrogens is 1. The summed E-state index contributed by atoms with van der Waals surface area (Å²) in [5.74, 6) is 0.965. The average Bonchev–Trinajstić information content (AvgIpc) is 3.39. The van der Waals surface area contributed by atoms with Crippen LogP contribution in [0, 0.1) is 4.77 Å². The highest BCUT2D eigenvalue weighted by molar-refractivity contribution is 7.71. The van der Waals surface area contributed by atoms with Crippen LogP contribution in [0.2, 0.25) is 0 Å². The number of aromatic amines is 1. The highest BCUT2D eigenvalue weighted by Crippen LogP contribution is 2.38. The number of ether oxygens (including phenoxy) is 2. The molecule has 0 amide bonds. The Morgan fingerprint density at radius 3 is 2.75 bits per heavy atom. The van der Waals surface area contributed by atoms with Gasteiger partial charge in [0.15, 0.2) is 4.77 Å². The molecule has 0 unspecified atom stereocenters. The molecule has 0 atom stereocenters. The fourth-order valence-corrected chi connectivity index (χ4v) is 2.69. The maximum Gasteiger partial charge on any atom is 0.264 e. The molecule has 24 heavy (non-hydrogen) atoms. The Bertz CT molecular complexity index is 913. The first-order valence-corrected chi connectivity index (χ1v) is 7.80. The van der Waals surface area contributed by atoms with Gasteiger partial charge in [-0.2, -0.15) is 0 Å². The number of rotatable bonds is 5. The van der Waals surface area contributed by atoms with Crippen LogP contribution in [0.3, 0.4) is 0 Å². The quantitative estimate of drug-likeness (QED) is 0.641. The summed E-state index contributed by atoms with van der Waals surface area (Å²) in [4.78, 5) is 18.9. The normalized spacial score (nSPS) is 14.1. The van der Waals surface area contributed by atoms with E-state index in [1.54, 1.807) is 29.9 Å². The van der Waals surface area contributed by atoms with Crippen LogP contribution in [0.15, 0.2) is 28.0 Å². The van der Waals surface area contributed by atoms with Gasteiger partial charge in [-0.05, 0) is 37.2 Å². The van der Waals surface area contributed by atoms with Crippen LogP contribution in [-0.2, 0) is 0 Å². The maximum atomic E-state index is 12.1. The first-order chi connectivity index (χ1) is 11.5. The van der Waals surface area contributed by atoms with Gasteiger partial charge in [-0.3, -0.25) is 19.3 Å². The van der Waals surface area contributed by atoms with Crippen LogP contribution < -0.4 is 15.0 Å². The van der Waals surface area contributed by atoms with Gasteiger partial charge in [-0.1, -0.05) is 0 Å². The summed E-state index contributed by atoms with van der Waals surface area (Å²) in [6.45, 7) is 0. The topological polar surface area (TPSA) is 88.8 Å². The van der Waals surface area contributed by atoms with Gasteiger partial charge in [0.25, 0.3) is 5.56 Å². The molecule has 2 N–H and O–H groups in total. The van der Waals surface area contributed by atoms with Crippen molar-refractivity contribution in [2.24, 2.45) is 4.99 Å². The molecule has 2 aromatic rings. The molecular weight excluding hydrogens is 330 g/mol. The molecule has 1 aromatic carbocycles. The fourth-order valence-electron chi connectivity index (χ4n) is 2.37. The molecular formula is C16H17N3O4S. The summed E-state index contributed by atoms with van der Waals surface area (Å²) in [5, 5.41) is 10.4. The Morgan fingerprint density at radius 1 is 1.38 bits per heavy atom. The number of hydrogen-bond acceptors (Lipinski definition) is 6. The third-order valence-electron chi connectivity index (χ3n) is 3.78. The molecule has 1 aliphatic rings. The second-order valence-electron chi connectivity index (χ2n) is 5.39. The Morgan fingerprint density at radius 2 is 2.12 bits per heavy atom. The van der Waals surface area contributed by atoms with Crippen LogP contribution in [0.25, 0.3) is 0 Å². The van der Waals surface area contributed by atoms with Gasteiger partial charge >= 0.3 is 0 Å². The zero-order valence-electron chi connectivity index (χ0n) is 13.3. The number of aromatic hydroxyl groups is 1. The van der Waals surface area contributed by atoms with Crippen LogP contribution in [0.5, 0.6) is 17.4 Å². The Balaban J connectivity index is 2.02. The van der Waals surface area contributed by atoms with Crippen LogP contribution in [0.1, 0.15) is 24.4 Å². The number of nitrogens with zero attached hydrogens (tertiary/aromatic N) is 2. The first-order valence-electron chi connectivity index (χ1n) is 7.39. The summed E-state index contributed by atoms with van der Waals surface area (Å²) in [6.07, 6.45) is 3.17. The van der Waals surface area contributed by atoms with E-state index in [2.05, 4.69) is 9.98 Å². The number of methoxy groups -OCH3 is 2. The molecule has 0 saturated heterocycles. The standard InChI is InChI=1S/C16H17N3O4S/c1-22-10-5-6-12(13(7-10)23-2)17-8-11-14(20)18-16(24)19(15(11)21)9-3-4-9/h5-9,21H,3-4H2,1-2H3,(H,18,20,24). The minimum Gasteiger partial charge on any atom is -0.497 e.